The third-order valence-corrected chi connectivity index (χ3v) is 4.48. The molecule has 3 heterocycles. The zero-order chi connectivity index (χ0) is 14.5. The Labute approximate surface area is 111 Å². The number of nitrogens with one attached hydrogen (secondary N) is 1. The Balaban J connectivity index is 2.81. The van der Waals surface area contributed by atoms with Gasteiger partial charge in [-0.25, -0.2) is 0 Å². The molecule has 2 bridgehead atoms. The van der Waals surface area contributed by atoms with E-state index in [1.807, 2.05) is 18.2 Å². The lowest BCUT2D eigenvalue weighted by Crippen LogP contribution is -2.73. The molecule has 0 radical (unpaired) electrons. The van der Waals surface area contributed by atoms with Gasteiger partial charge in [0.25, 0.3) is 0 Å². The number of hydrogen-bond donors (Lipinski definition) is 1. The maximum atomic E-state index is 9.58. The molecule has 3 fully saturated rings. The first-order valence-electron chi connectivity index (χ1n) is 6.08. The molecule has 98 valence electrons. The van der Waals surface area contributed by atoms with Crippen molar-refractivity contribution in [1.29, 1.82) is 21.2 Å². The van der Waals surface area contributed by atoms with Crippen molar-refractivity contribution < 1.29 is 9.47 Å². The maximum absolute atomic E-state index is 9.58. The van der Waals surface area contributed by atoms with E-state index in [0.717, 1.165) is 0 Å². The van der Waals surface area contributed by atoms with Crippen molar-refractivity contribution in [3.05, 3.63) is 0 Å². The minimum absolute atomic E-state index is 0.336. The van der Waals surface area contributed by atoms with E-state index in [9.17, 15) is 15.8 Å². The first-order chi connectivity index (χ1) is 8.88. The molecule has 3 saturated heterocycles. The number of fused-ring (bicyclic) bond motifs is 3. The van der Waals surface area contributed by atoms with Crippen molar-refractivity contribution in [1.82, 2.24) is 0 Å². The van der Waals surface area contributed by atoms with Crippen molar-refractivity contribution in [2.24, 2.45) is 16.7 Å². The van der Waals surface area contributed by atoms with Gasteiger partial charge < -0.3 is 9.47 Å². The molecule has 3 aliphatic rings. The van der Waals surface area contributed by atoms with Crippen LogP contribution >= 0.6 is 0 Å². The normalized spacial score (nSPS) is 42.6. The van der Waals surface area contributed by atoms with Crippen molar-refractivity contribution in [2.75, 3.05) is 0 Å². The lowest BCUT2D eigenvalue weighted by atomic mass is 9.51. The summed E-state index contributed by atoms with van der Waals surface area (Å²) in [6.07, 6.45) is -0.272. The average Bonchev–Trinajstić information content (AvgIpc) is 2.40. The highest BCUT2D eigenvalue weighted by molar-refractivity contribution is 5.88. The molecule has 0 aromatic heterocycles. The van der Waals surface area contributed by atoms with Gasteiger partial charge in [0.1, 0.15) is 0 Å². The molecular weight excluding hydrogens is 244 g/mol. The zero-order valence-corrected chi connectivity index (χ0v) is 11.0. The summed E-state index contributed by atoms with van der Waals surface area (Å²) in [5, 5.41) is 36.7. The van der Waals surface area contributed by atoms with E-state index < -0.39 is 28.6 Å². The third kappa shape index (κ3) is 1.14. The molecule has 19 heavy (non-hydrogen) atoms. The smallest absolute Gasteiger partial charge is 0.214 e. The fraction of sp³-hybridized carbons (Fsp3) is 0.692. The van der Waals surface area contributed by atoms with E-state index in [1.165, 1.54) is 0 Å². The van der Waals surface area contributed by atoms with Crippen LogP contribution in [-0.2, 0) is 9.47 Å². The minimum Gasteiger partial charge on any atom is -0.448 e. The van der Waals surface area contributed by atoms with E-state index in [0.29, 0.717) is 6.42 Å². The van der Waals surface area contributed by atoms with E-state index in [2.05, 4.69) is 0 Å². The van der Waals surface area contributed by atoms with Crippen LogP contribution in [0.15, 0.2) is 0 Å². The molecule has 0 aromatic rings. The van der Waals surface area contributed by atoms with Crippen molar-refractivity contribution in [3.63, 3.8) is 0 Å². The lowest BCUT2D eigenvalue weighted by Gasteiger charge is -2.60. The summed E-state index contributed by atoms with van der Waals surface area (Å²) < 4.78 is 11.2. The predicted octanol–water partition coefficient (Wildman–Crippen LogP) is 1.70. The van der Waals surface area contributed by atoms with Gasteiger partial charge in [0, 0.05) is 6.92 Å². The first kappa shape index (κ1) is 13.3. The molecule has 0 spiro atoms. The van der Waals surface area contributed by atoms with Crippen LogP contribution in [0.25, 0.3) is 0 Å². The van der Waals surface area contributed by atoms with Gasteiger partial charge in [-0.15, -0.1) is 0 Å². The Morgan fingerprint density at radius 3 is 2.26 bits per heavy atom. The van der Waals surface area contributed by atoms with E-state index in [4.69, 9.17) is 14.9 Å². The number of hydrogen-bond acceptors (Lipinski definition) is 6. The van der Waals surface area contributed by atoms with Crippen LogP contribution in [0, 0.1) is 56.2 Å². The Bertz CT molecular complexity index is 553. The third-order valence-electron chi connectivity index (χ3n) is 4.48. The summed E-state index contributed by atoms with van der Waals surface area (Å²) in [5.74, 6) is -2.19. The van der Waals surface area contributed by atoms with Crippen LogP contribution < -0.4 is 0 Å². The summed E-state index contributed by atoms with van der Waals surface area (Å²) in [6, 6.07) is 5.93. The second kappa shape index (κ2) is 3.70. The van der Waals surface area contributed by atoms with Crippen LogP contribution in [0.3, 0.4) is 0 Å². The zero-order valence-electron chi connectivity index (χ0n) is 11.0. The molecule has 6 heteroatoms. The van der Waals surface area contributed by atoms with Gasteiger partial charge in [0.2, 0.25) is 11.7 Å². The highest BCUT2D eigenvalue weighted by atomic mass is 16.7. The molecule has 3 rings (SSSR count). The predicted molar refractivity (Wildman–Crippen MR) is 63.2 cm³/mol. The summed E-state index contributed by atoms with van der Waals surface area (Å²) in [5.41, 5.74) is -3.30. The first-order valence-corrected chi connectivity index (χ1v) is 6.08. The number of nitriles is 3. The van der Waals surface area contributed by atoms with Crippen molar-refractivity contribution in [2.45, 2.75) is 39.1 Å². The second-order valence-electron chi connectivity index (χ2n) is 5.14. The molecule has 6 nitrogen and oxygen atoms in total. The summed E-state index contributed by atoms with van der Waals surface area (Å²) in [6.45, 7) is 5.06. The van der Waals surface area contributed by atoms with E-state index in [1.54, 1.807) is 20.8 Å². The van der Waals surface area contributed by atoms with Crippen LogP contribution in [-0.4, -0.2) is 17.8 Å². The molecule has 0 unspecified atom stereocenters. The van der Waals surface area contributed by atoms with Gasteiger partial charge in [0.15, 0.2) is 10.8 Å². The SMILES string of the molecule is CC[C@@H]1O[C@@]2(C)OC(=N)[C@@]1(C#N)C(C#N)(C#N)[C@H]2C. The fourth-order valence-corrected chi connectivity index (χ4v) is 3.18. The van der Waals surface area contributed by atoms with Crippen molar-refractivity contribution in [3.8, 4) is 18.2 Å². The Hall–Kier alpha value is -2.10. The molecule has 0 aromatic carbocycles. The Morgan fingerprint density at radius 2 is 1.84 bits per heavy atom. The minimum atomic E-state index is -1.66. The van der Waals surface area contributed by atoms with Gasteiger partial charge in [0.05, 0.1) is 30.2 Å². The number of nitrogens with zero attached hydrogens (tertiary/aromatic N) is 3. The summed E-state index contributed by atoms with van der Waals surface area (Å²) >= 11 is 0. The van der Waals surface area contributed by atoms with E-state index >= 15 is 0 Å². The lowest BCUT2D eigenvalue weighted by molar-refractivity contribution is -0.335. The van der Waals surface area contributed by atoms with Crippen molar-refractivity contribution >= 4 is 5.90 Å². The van der Waals surface area contributed by atoms with E-state index in [-0.39, 0.29) is 5.90 Å². The molecule has 0 aliphatic carbocycles. The molecular formula is C13H14N4O2. The van der Waals surface area contributed by atoms with Gasteiger partial charge in [-0.3, -0.25) is 5.41 Å². The van der Waals surface area contributed by atoms with Gasteiger partial charge >= 0.3 is 0 Å². The highest BCUT2D eigenvalue weighted by Gasteiger charge is 2.77. The largest absolute Gasteiger partial charge is 0.448 e. The average molecular weight is 258 g/mol. The maximum Gasteiger partial charge on any atom is 0.214 e. The Morgan fingerprint density at radius 1 is 1.26 bits per heavy atom. The highest BCUT2D eigenvalue weighted by Crippen LogP contribution is 2.62. The quantitative estimate of drug-likeness (QED) is 0.768. The topological polar surface area (TPSA) is 114 Å². The second-order valence-corrected chi connectivity index (χ2v) is 5.14. The van der Waals surface area contributed by atoms with Crippen LogP contribution in [0.4, 0.5) is 0 Å². The van der Waals surface area contributed by atoms with Gasteiger partial charge in [-0.2, -0.15) is 15.8 Å². The van der Waals surface area contributed by atoms with Crippen LogP contribution in [0.5, 0.6) is 0 Å². The molecule has 0 amide bonds. The number of rotatable bonds is 1. The monoisotopic (exact) mass is 258 g/mol. The molecule has 0 saturated carbocycles. The standard InChI is InChI=1S/C13H14N4O2/c1-4-9-13(7-16)10(17)19-11(3,18-9)8(2)12(13,5-14)6-15/h8-9,17H,4H2,1-3H3/t8-,9-,11-,13-/m0/s1. The molecule has 3 aliphatic heterocycles. The molecule has 1 N–H and O–H groups in total. The van der Waals surface area contributed by atoms with Gasteiger partial charge in [-0.1, -0.05) is 13.8 Å². The molecule has 4 atom stereocenters. The summed E-state index contributed by atoms with van der Waals surface area (Å²) in [7, 11) is 0. The number of ether oxygens (including phenoxy) is 2. The van der Waals surface area contributed by atoms with Gasteiger partial charge in [-0.05, 0) is 6.42 Å². The van der Waals surface area contributed by atoms with Crippen LogP contribution in [0.1, 0.15) is 27.2 Å². The Kier molecular flexibility index (Phi) is 2.59. The summed E-state index contributed by atoms with van der Waals surface area (Å²) in [4.78, 5) is 0. The fourth-order valence-electron chi connectivity index (χ4n) is 3.18. The van der Waals surface area contributed by atoms with Crippen LogP contribution in [0.2, 0.25) is 0 Å².